The number of carbonyl (C=O) groups excluding carboxylic acids is 1. The van der Waals surface area contributed by atoms with E-state index in [0.717, 1.165) is 16.8 Å². The van der Waals surface area contributed by atoms with E-state index in [1.165, 1.54) is 4.57 Å². The molecule has 0 spiro atoms. The van der Waals surface area contributed by atoms with E-state index < -0.39 is 5.56 Å². The van der Waals surface area contributed by atoms with Crippen LogP contribution in [0.3, 0.4) is 0 Å². The number of anilines is 3. The number of nitrogens with two attached hydrogens (primary N) is 2. The number of carbonyl (C=O) groups is 1. The molecule has 4 aromatic rings. The van der Waals surface area contributed by atoms with Gasteiger partial charge in [-0.1, -0.05) is 24.3 Å². The maximum atomic E-state index is 13.4. The van der Waals surface area contributed by atoms with Crippen LogP contribution in [0, 0.1) is 5.41 Å². The third-order valence-corrected chi connectivity index (χ3v) is 6.60. The predicted octanol–water partition coefficient (Wildman–Crippen LogP) is 3.59. The summed E-state index contributed by atoms with van der Waals surface area (Å²) in [5, 5.41) is 20.9. The molecule has 0 aliphatic carbocycles. The topological polar surface area (TPSA) is 164 Å². The molecule has 39 heavy (non-hydrogen) atoms. The Morgan fingerprint density at radius 1 is 1.10 bits per heavy atom. The van der Waals surface area contributed by atoms with Crippen molar-refractivity contribution in [2.75, 3.05) is 16.4 Å². The number of benzene rings is 2. The molecule has 0 fully saturated rings. The Bertz CT molecular complexity index is 1510. The molecule has 1 amide bonds. The number of hydrogen-bond acceptors (Lipinski definition) is 8. The average Bonchev–Trinajstić information content (AvgIpc) is 3.42. The molecule has 0 saturated heterocycles. The molecule has 0 aliphatic heterocycles. The highest BCUT2D eigenvalue weighted by molar-refractivity contribution is 7.07. The largest absolute Gasteiger partial charge is 0.399 e. The van der Waals surface area contributed by atoms with Crippen LogP contribution in [-0.2, 0) is 24.4 Å². The minimum atomic E-state index is -0.405. The lowest BCUT2D eigenvalue weighted by Gasteiger charge is -2.17. The minimum Gasteiger partial charge on any atom is -0.399 e. The predicted molar refractivity (Wildman–Crippen MR) is 158 cm³/mol. The molecule has 4 rings (SSSR count). The Morgan fingerprint density at radius 2 is 1.87 bits per heavy atom. The van der Waals surface area contributed by atoms with Crippen molar-refractivity contribution in [3.05, 3.63) is 92.5 Å². The molecule has 8 N–H and O–H groups in total. The van der Waals surface area contributed by atoms with E-state index in [1.54, 1.807) is 47.9 Å². The Balaban J connectivity index is 1.59. The molecule has 0 unspecified atom stereocenters. The highest BCUT2D eigenvalue weighted by atomic mass is 32.1. The number of nitrogens with zero attached hydrogens (tertiary/aromatic N) is 2. The van der Waals surface area contributed by atoms with Gasteiger partial charge in [0, 0.05) is 41.6 Å². The van der Waals surface area contributed by atoms with Gasteiger partial charge in [-0.05, 0) is 60.0 Å². The van der Waals surface area contributed by atoms with Gasteiger partial charge in [-0.2, -0.15) is 11.3 Å². The lowest BCUT2D eigenvalue weighted by molar-refractivity contribution is -0.121. The number of nitrogens with one attached hydrogen (secondary N) is 4. The molecule has 0 atom stereocenters. The first kappa shape index (κ1) is 27.4. The summed E-state index contributed by atoms with van der Waals surface area (Å²) in [4.78, 5) is 30.8. The molecule has 0 bridgehead atoms. The van der Waals surface area contributed by atoms with Crippen molar-refractivity contribution < 1.29 is 4.79 Å². The van der Waals surface area contributed by atoms with Crippen LogP contribution in [0.1, 0.15) is 30.5 Å². The molecular weight excluding hydrogens is 512 g/mol. The fourth-order valence-electron chi connectivity index (χ4n) is 3.95. The zero-order valence-electron chi connectivity index (χ0n) is 21.8. The zero-order valence-corrected chi connectivity index (χ0v) is 22.6. The summed E-state index contributed by atoms with van der Waals surface area (Å²) < 4.78 is 1.41. The zero-order chi connectivity index (χ0) is 27.9. The molecule has 0 aliphatic rings. The molecular formula is C28H32N8O2S. The van der Waals surface area contributed by atoms with Gasteiger partial charge in [0.05, 0.1) is 11.9 Å². The summed E-state index contributed by atoms with van der Waals surface area (Å²) >= 11 is 1.63. The second-order valence-electron chi connectivity index (χ2n) is 9.40. The molecule has 2 heterocycles. The normalized spacial score (nSPS) is 10.8. The van der Waals surface area contributed by atoms with E-state index in [2.05, 4.69) is 26.3 Å². The fraction of sp³-hybridized carbons (Fsp3) is 0.214. The molecule has 10 nitrogen and oxygen atoms in total. The number of rotatable bonds is 11. The van der Waals surface area contributed by atoms with E-state index >= 15 is 0 Å². The van der Waals surface area contributed by atoms with Gasteiger partial charge >= 0.3 is 0 Å². The number of thiophene rings is 1. The van der Waals surface area contributed by atoms with E-state index in [0.29, 0.717) is 29.1 Å². The summed E-state index contributed by atoms with van der Waals surface area (Å²) in [7, 11) is 0. The lowest BCUT2D eigenvalue weighted by Crippen LogP contribution is -2.35. The molecule has 202 valence electrons. The van der Waals surface area contributed by atoms with E-state index in [-0.39, 0.29) is 36.7 Å². The first-order valence-electron chi connectivity index (χ1n) is 12.4. The Morgan fingerprint density at radius 3 is 2.54 bits per heavy atom. The van der Waals surface area contributed by atoms with Gasteiger partial charge in [0.25, 0.3) is 5.56 Å². The van der Waals surface area contributed by atoms with Crippen molar-refractivity contribution in [2.45, 2.75) is 39.5 Å². The van der Waals surface area contributed by atoms with Gasteiger partial charge in [-0.3, -0.25) is 19.6 Å². The van der Waals surface area contributed by atoms with Gasteiger partial charge in [0.15, 0.2) is 5.82 Å². The van der Waals surface area contributed by atoms with Gasteiger partial charge in [0.2, 0.25) is 5.91 Å². The number of amidine groups is 1. The number of hydrogen-bond donors (Lipinski definition) is 6. The second kappa shape index (κ2) is 12.3. The van der Waals surface area contributed by atoms with Crippen LogP contribution in [0.5, 0.6) is 0 Å². The van der Waals surface area contributed by atoms with Crippen LogP contribution in [0.4, 0.5) is 17.2 Å². The van der Waals surface area contributed by atoms with Gasteiger partial charge in [-0.15, -0.1) is 0 Å². The minimum absolute atomic E-state index is 0.0171. The van der Waals surface area contributed by atoms with Gasteiger partial charge in [0.1, 0.15) is 12.4 Å². The average molecular weight is 545 g/mol. The summed E-state index contributed by atoms with van der Waals surface area (Å²) in [5.41, 5.74) is 16.4. The van der Waals surface area contributed by atoms with E-state index in [9.17, 15) is 9.59 Å². The number of amides is 1. The van der Waals surface area contributed by atoms with E-state index in [1.807, 2.05) is 37.4 Å². The van der Waals surface area contributed by atoms with Crippen molar-refractivity contribution in [3.63, 3.8) is 0 Å². The van der Waals surface area contributed by atoms with Crippen LogP contribution in [0.2, 0.25) is 0 Å². The molecule has 2 aromatic heterocycles. The Hall–Kier alpha value is -4.64. The van der Waals surface area contributed by atoms with Crippen LogP contribution < -0.4 is 33.0 Å². The molecule has 0 saturated carbocycles. The molecule has 11 heteroatoms. The highest BCUT2D eigenvalue weighted by Crippen LogP contribution is 2.26. The second-order valence-corrected chi connectivity index (χ2v) is 10.2. The Kier molecular flexibility index (Phi) is 8.62. The van der Waals surface area contributed by atoms with Gasteiger partial charge in [-0.25, -0.2) is 4.98 Å². The van der Waals surface area contributed by atoms with Crippen molar-refractivity contribution in [1.29, 1.82) is 5.41 Å². The maximum Gasteiger partial charge on any atom is 0.294 e. The Labute approximate surface area is 230 Å². The van der Waals surface area contributed by atoms with Crippen LogP contribution in [0.15, 0.2) is 70.3 Å². The fourth-order valence-corrected chi connectivity index (χ4v) is 4.62. The summed E-state index contributed by atoms with van der Waals surface area (Å²) in [6, 6.07) is 14.5. The van der Waals surface area contributed by atoms with Gasteiger partial charge < -0.3 is 27.4 Å². The highest BCUT2D eigenvalue weighted by Gasteiger charge is 2.16. The lowest BCUT2D eigenvalue weighted by atomic mass is 10.1. The third kappa shape index (κ3) is 7.23. The van der Waals surface area contributed by atoms with Crippen molar-refractivity contribution >= 4 is 40.3 Å². The summed E-state index contributed by atoms with van der Waals surface area (Å²) in [5.74, 6) is -0.191. The first-order chi connectivity index (χ1) is 18.7. The van der Waals surface area contributed by atoms with Crippen molar-refractivity contribution in [2.24, 2.45) is 5.73 Å². The standard InChI is InChI=1S/C28H32N8O2S/c1-17(2)35-27-28(38)36(15-25(37)33-12-18-3-5-20(6-4-18)26(30)31)24(14-34-27)21-9-22(29)11-23(10-21)32-13-19-7-8-39-16-19/h3-11,14,16-17,32H,12-13,15,29H2,1-2H3,(H3,30,31)(H,33,37)(H,34,35). The summed E-state index contributed by atoms with van der Waals surface area (Å²) in [6.07, 6.45) is 1.58. The molecule has 0 radical (unpaired) electrons. The number of aromatic nitrogens is 2. The summed E-state index contributed by atoms with van der Waals surface area (Å²) in [6.45, 7) is 4.50. The molecule has 2 aromatic carbocycles. The first-order valence-corrected chi connectivity index (χ1v) is 13.4. The van der Waals surface area contributed by atoms with E-state index in [4.69, 9.17) is 16.9 Å². The SMILES string of the molecule is CC(C)Nc1ncc(-c2cc(N)cc(NCc3ccsc3)c2)n(CC(=O)NCc2ccc(C(=N)N)cc2)c1=O. The number of nitrogen functional groups attached to an aromatic ring is 2. The smallest absolute Gasteiger partial charge is 0.294 e. The maximum absolute atomic E-state index is 13.4. The third-order valence-electron chi connectivity index (χ3n) is 5.86. The van der Waals surface area contributed by atoms with Crippen molar-refractivity contribution in [1.82, 2.24) is 14.9 Å². The van der Waals surface area contributed by atoms with Crippen LogP contribution >= 0.6 is 11.3 Å². The van der Waals surface area contributed by atoms with Crippen LogP contribution in [-0.4, -0.2) is 27.3 Å². The van der Waals surface area contributed by atoms with Crippen LogP contribution in [0.25, 0.3) is 11.3 Å². The quantitative estimate of drug-likeness (QED) is 0.0954. The van der Waals surface area contributed by atoms with Crippen molar-refractivity contribution in [3.8, 4) is 11.3 Å². The monoisotopic (exact) mass is 544 g/mol.